The summed E-state index contributed by atoms with van der Waals surface area (Å²) in [6.07, 6.45) is 0. The molecule has 1 N–H and O–H groups in total. The van der Waals surface area contributed by atoms with Crippen LogP contribution in [0.25, 0.3) is 0 Å². The maximum Gasteiger partial charge on any atom is 0.264 e. The van der Waals surface area contributed by atoms with E-state index in [1.165, 1.54) is 30.6 Å². The molecule has 0 heterocycles. The van der Waals surface area contributed by atoms with Crippen molar-refractivity contribution in [2.24, 2.45) is 0 Å². The number of ether oxygens (including phenoxy) is 2. The van der Waals surface area contributed by atoms with E-state index in [1.54, 1.807) is 36.4 Å². The van der Waals surface area contributed by atoms with Crippen molar-refractivity contribution in [1.29, 1.82) is 0 Å². The van der Waals surface area contributed by atoms with E-state index in [-0.39, 0.29) is 10.8 Å². The molecule has 0 aliphatic rings. The number of rotatable bonds is 9. The van der Waals surface area contributed by atoms with Gasteiger partial charge in [0.1, 0.15) is 18.1 Å². The highest BCUT2D eigenvalue weighted by Gasteiger charge is 2.21. The number of carbonyl (C=O) groups excluding carboxylic acids is 1. The fourth-order valence-corrected chi connectivity index (χ4v) is 4.37. The Morgan fingerprint density at radius 1 is 0.970 bits per heavy atom. The number of anilines is 1. The first-order chi connectivity index (χ1) is 15.7. The minimum Gasteiger partial charge on any atom is -0.497 e. The van der Waals surface area contributed by atoms with Gasteiger partial charge in [0.25, 0.3) is 15.9 Å². The molecule has 174 valence electrons. The van der Waals surface area contributed by atoms with Gasteiger partial charge in [0.2, 0.25) is 0 Å². The van der Waals surface area contributed by atoms with Crippen molar-refractivity contribution in [3.05, 3.63) is 83.4 Å². The Kier molecular flexibility index (Phi) is 7.60. The summed E-state index contributed by atoms with van der Waals surface area (Å²) < 4.78 is 37.8. The third-order valence-electron chi connectivity index (χ3n) is 5.41. The Morgan fingerprint density at radius 3 is 2.27 bits per heavy atom. The molecule has 8 heteroatoms. The van der Waals surface area contributed by atoms with Crippen molar-refractivity contribution in [2.45, 2.75) is 18.7 Å². The molecule has 0 saturated carbocycles. The summed E-state index contributed by atoms with van der Waals surface area (Å²) in [6.45, 7) is 4.71. The zero-order valence-electron chi connectivity index (χ0n) is 19.2. The van der Waals surface area contributed by atoms with Crippen LogP contribution in [0, 0.1) is 13.8 Å². The van der Waals surface area contributed by atoms with Gasteiger partial charge in [-0.15, -0.1) is 0 Å². The molecule has 0 aliphatic carbocycles. The highest BCUT2D eigenvalue weighted by Crippen LogP contribution is 2.24. The van der Waals surface area contributed by atoms with Crippen LogP contribution >= 0.6 is 0 Å². The zero-order valence-corrected chi connectivity index (χ0v) is 20.0. The Morgan fingerprint density at radius 2 is 1.64 bits per heavy atom. The normalized spacial score (nSPS) is 11.0. The fourth-order valence-electron chi connectivity index (χ4n) is 3.18. The molecule has 0 unspecified atom stereocenters. The predicted molar refractivity (Wildman–Crippen MR) is 129 cm³/mol. The maximum absolute atomic E-state index is 12.9. The number of nitrogens with one attached hydrogen (secondary N) is 1. The van der Waals surface area contributed by atoms with Crippen LogP contribution in [0.3, 0.4) is 0 Å². The molecule has 0 bridgehead atoms. The number of carbonyl (C=O) groups is 1. The van der Waals surface area contributed by atoms with Gasteiger partial charge in [-0.2, -0.15) is 0 Å². The average molecular weight is 469 g/mol. The van der Waals surface area contributed by atoms with E-state index in [9.17, 15) is 13.2 Å². The zero-order chi connectivity index (χ0) is 24.0. The Balaban J connectivity index is 1.58. The quantitative estimate of drug-likeness (QED) is 0.481. The first-order valence-corrected chi connectivity index (χ1v) is 11.9. The van der Waals surface area contributed by atoms with Crippen LogP contribution in [0.1, 0.15) is 21.5 Å². The second kappa shape index (κ2) is 10.4. The molecule has 3 rings (SSSR count). The summed E-state index contributed by atoms with van der Waals surface area (Å²) in [5.74, 6) is 1.12. The van der Waals surface area contributed by atoms with Gasteiger partial charge < -0.3 is 14.8 Å². The maximum atomic E-state index is 12.9. The number of nitrogens with zero attached hydrogens (tertiary/aromatic N) is 1. The highest BCUT2D eigenvalue weighted by molar-refractivity contribution is 7.92. The molecule has 0 radical (unpaired) electrons. The van der Waals surface area contributed by atoms with Crippen molar-refractivity contribution >= 4 is 21.6 Å². The molecule has 0 atom stereocenters. The predicted octanol–water partition coefficient (Wildman–Crippen LogP) is 3.95. The van der Waals surface area contributed by atoms with E-state index in [1.807, 2.05) is 32.0 Å². The molecule has 3 aromatic carbocycles. The van der Waals surface area contributed by atoms with Gasteiger partial charge in [-0.05, 0) is 79.6 Å². The number of hydrogen-bond donors (Lipinski definition) is 1. The highest BCUT2D eigenvalue weighted by atomic mass is 32.2. The molecule has 0 saturated heterocycles. The van der Waals surface area contributed by atoms with Gasteiger partial charge in [-0.1, -0.05) is 12.1 Å². The van der Waals surface area contributed by atoms with Crippen molar-refractivity contribution in [1.82, 2.24) is 5.32 Å². The van der Waals surface area contributed by atoms with Crippen LogP contribution in [0.15, 0.2) is 71.6 Å². The van der Waals surface area contributed by atoms with Crippen LogP contribution < -0.4 is 19.1 Å². The standard InChI is InChI=1S/C25H28N2O5S/c1-18-6-5-7-24(19(18)2)32-17-16-26-25(28)20-8-10-21(11-9-20)27(3)33(29,30)23-14-12-22(31-4)13-15-23/h5-15H,16-17H2,1-4H3,(H,26,28). The molecular weight excluding hydrogens is 440 g/mol. The van der Waals surface area contributed by atoms with E-state index in [0.717, 1.165) is 16.9 Å². The summed E-state index contributed by atoms with van der Waals surface area (Å²) in [6, 6.07) is 18.4. The van der Waals surface area contributed by atoms with Gasteiger partial charge in [0.05, 0.1) is 24.2 Å². The molecule has 0 spiro atoms. The van der Waals surface area contributed by atoms with Crippen LogP contribution in [-0.2, 0) is 10.0 Å². The van der Waals surface area contributed by atoms with Crippen molar-refractivity contribution in [3.63, 3.8) is 0 Å². The number of sulfonamides is 1. The van der Waals surface area contributed by atoms with Crippen molar-refractivity contribution < 1.29 is 22.7 Å². The van der Waals surface area contributed by atoms with Gasteiger partial charge in [-0.3, -0.25) is 9.10 Å². The summed E-state index contributed by atoms with van der Waals surface area (Å²) in [5.41, 5.74) is 3.10. The van der Waals surface area contributed by atoms with Crippen LogP contribution in [-0.4, -0.2) is 41.6 Å². The lowest BCUT2D eigenvalue weighted by Gasteiger charge is -2.20. The summed E-state index contributed by atoms with van der Waals surface area (Å²) in [4.78, 5) is 12.6. The lowest BCUT2D eigenvalue weighted by atomic mass is 10.1. The lowest BCUT2D eigenvalue weighted by Crippen LogP contribution is -2.28. The second-order valence-corrected chi connectivity index (χ2v) is 9.47. The number of amides is 1. The summed E-state index contributed by atoms with van der Waals surface area (Å²) >= 11 is 0. The topological polar surface area (TPSA) is 84.9 Å². The Labute approximate surface area is 195 Å². The van der Waals surface area contributed by atoms with E-state index < -0.39 is 10.0 Å². The molecule has 1 amide bonds. The third kappa shape index (κ3) is 5.64. The number of hydrogen-bond acceptors (Lipinski definition) is 5. The van der Waals surface area contributed by atoms with Gasteiger partial charge in [0.15, 0.2) is 0 Å². The van der Waals surface area contributed by atoms with E-state index in [0.29, 0.717) is 30.2 Å². The van der Waals surface area contributed by atoms with Crippen LogP contribution in [0.5, 0.6) is 11.5 Å². The molecular formula is C25H28N2O5S. The number of methoxy groups -OCH3 is 1. The van der Waals surface area contributed by atoms with E-state index >= 15 is 0 Å². The smallest absolute Gasteiger partial charge is 0.264 e. The van der Waals surface area contributed by atoms with E-state index in [4.69, 9.17) is 9.47 Å². The van der Waals surface area contributed by atoms with Crippen molar-refractivity contribution in [3.8, 4) is 11.5 Å². The molecule has 0 aromatic heterocycles. The molecule has 0 fully saturated rings. The monoisotopic (exact) mass is 468 g/mol. The fraction of sp³-hybridized carbons (Fsp3) is 0.240. The Hall–Kier alpha value is -3.52. The first kappa shape index (κ1) is 24.1. The van der Waals surface area contributed by atoms with Gasteiger partial charge >= 0.3 is 0 Å². The van der Waals surface area contributed by atoms with Gasteiger partial charge in [-0.25, -0.2) is 8.42 Å². The molecule has 0 aliphatic heterocycles. The molecule has 33 heavy (non-hydrogen) atoms. The second-order valence-electron chi connectivity index (χ2n) is 7.50. The minimum atomic E-state index is -3.74. The average Bonchev–Trinajstić information content (AvgIpc) is 2.83. The Bertz CT molecular complexity index is 1210. The lowest BCUT2D eigenvalue weighted by molar-refractivity contribution is 0.0947. The van der Waals surface area contributed by atoms with Gasteiger partial charge in [0, 0.05) is 12.6 Å². The van der Waals surface area contributed by atoms with E-state index in [2.05, 4.69) is 5.32 Å². The SMILES string of the molecule is COc1ccc(S(=O)(=O)N(C)c2ccc(C(=O)NCCOc3cccc(C)c3C)cc2)cc1. The number of aryl methyl sites for hydroxylation is 1. The van der Waals surface area contributed by atoms with Crippen LogP contribution in [0.2, 0.25) is 0 Å². The summed E-state index contributed by atoms with van der Waals surface area (Å²) in [5, 5.41) is 2.81. The van der Waals surface area contributed by atoms with Crippen molar-refractivity contribution in [2.75, 3.05) is 31.6 Å². The third-order valence-corrected chi connectivity index (χ3v) is 7.21. The first-order valence-electron chi connectivity index (χ1n) is 10.4. The largest absolute Gasteiger partial charge is 0.497 e. The molecule has 3 aromatic rings. The number of benzene rings is 3. The van der Waals surface area contributed by atoms with Crippen LogP contribution in [0.4, 0.5) is 5.69 Å². The minimum absolute atomic E-state index is 0.150. The molecule has 7 nitrogen and oxygen atoms in total. The summed E-state index contributed by atoms with van der Waals surface area (Å²) in [7, 11) is -0.749.